The number of anilines is 1. The Morgan fingerprint density at radius 2 is 1.89 bits per heavy atom. The van der Waals surface area contributed by atoms with Crippen molar-refractivity contribution in [2.45, 2.75) is 13.5 Å². The number of aromatic carboxylic acids is 1. The van der Waals surface area contributed by atoms with Crippen LogP contribution in [0.3, 0.4) is 0 Å². The number of nitrogens with zero attached hydrogens (tertiary/aromatic N) is 3. The first-order valence-corrected chi connectivity index (χ1v) is 8.70. The van der Waals surface area contributed by atoms with Crippen LogP contribution in [0.4, 0.5) is 10.1 Å². The van der Waals surface area contributed by atoms with Crippen LogP contribution in [0.15, 0.2) is 23.1 Å². The van der Waals surface area contributed by atoms with E-state index in [-0.39, 0.29) is 23.4 Å². The molecule has 8 nitrogen and oxygen atoms in total. The molecule has 144 valence electrons. The average molecular weight is 376 g/mol. The topological polar surface area (TPSA) is 109 Å². The molecule has 0 saturated carbocycles. The lowest BCUT2D eigenvalue weighted by Crippen LogP contribution is -2.50. The summed E-state index contributed by atoms with van der Waals surface area (Å²) in [7, 11) is 0. The van der Waals surface area contributed by atoms with Crippen molar-refractivity contribution in [3.63, 3.8) is 0 Å². The first-order valence-electron chi connectivity index (χ1n) is 8.70. The fourth-order valence-corrected chi connectivity index (χ4v) is 3.38. The lowest BCUT2D eigenvalue weighted by molar-refractivity contribution is -0.129. The Bertz CT molecular complexity index is 964. The molecule has 9 heteroatoms. The zero-order valence-corrected chi connectivity index (χ0v) is 14.9. The number of aryl methyl sites for hydroxylation is 1. The normalized spacial score (nSPS) is 14.6. The highest BCUT2D eigenvalue weighted by Gasteiger charge is 2.24. The van der Waals surface area contributed by atoms with Gasteiger partial charge in [-0.05, 0) is 19.1 Å². The Morgan fingerprint density at radius 1 is 1.22 bits per heavy atom. The van der Waals surface area contributed by atoms with Crippen molar-refractivity contribution in [1.29, 1.82) is 0 Å². The van der Waals surface area contributed by atoms with Gasteiger partial charge in [0.05, 0.1) is 17.7 Å². The van der Waals surface area contributed by atoms with Gasteiger partial charge in [-0.2, -0.15) is 0 Å². The fourth-order valence-electron chi connectivity index (χ4n) is 3.38. The summed E-state index contributed by atoms with van der Waals surface area (Å²) in [4.78, 5) is 38.8. The van der Waals surface area contributed by atoms with Crippen LogP contribution in [0.25, 0.3) is 10.9 Å². The van der Waals surface area contributed by atoms with Gasteiger partial charge in [-0.3, -0.25) is 9.59 Å². The minimum atomic E-state index is -1.34. The summed E-state index contributed by atoms with van der Waals surface area (Å²) in [6, 6.07) is 2.67. The number of carboxylic acids is 1. The van der Waals surface area contributed by atoms with Crippen molar-refractivity contribution in [2.75, 3.05) is 37.6 Å². The van der Waals surface area contributed by atoms with Crippen LogP contribution in [0.5, 0.6) is 0 Å². The van der Waals surface area contributed by atoms with Gasteiger partial charge in [-0.15, -0.1) is 0 Å². The summed E-state index contributed by atoms with van der Waals surface area (Å²) in [5.41, 5.74) is 5.09. The van der Waals surface area contributed by atoms with Crippen molar-refractivity contribution in [3.8, 4) is 0 Å². The number of carbonyl (C=O) groups is 2. The number of nitrogens with two attached hydrogens (primary N) is 1. The maximum absolute atomic E-state index is 14.7. The number of carboxylic acid groups (broad SMARTS) is 1. The number of hydrogen-bond donors (Lipinski definition) is 2. The molecule has 1 aromatic carbocycles. The molecule has 1 aliphatic heterocycles. The van der Waals surface area contributed by atoms with Crippen molar-refractivity contribution in [1.82, 2.24) is 9.47 Å². The number of halogens is 1. The molecule has 1 aliphatic rings. The molecule has 0 bridgehead atoms. The molecule has 1 aromatic heterocycles. The Balaban J connectivity index is 2.03. The number of carbonyl (C=O) groups excluding carboxylic acids is 1. The molecule has 0 atom stereocenters. The quantitative estimate of drug-likeness (QED) is 0.803. The molecule has 2 heterocycles. The number of pyridine rings is 1. The first-order chi connectivity index (χ1) is 12.9. The minimum Gasteiger partial charge on any atom is -0.477 e. The van der Waals surface area contributed by atoms with Crippen LogP contribution >= 0.6 is 0 Å². The summed E-state index contributed by atoms with van der Waals surface area (Å²) >= 11 is 0. The number of rotatable bonds is 4. The van der Waals surface area contributed by atoms with Crippen LogP contribution in [0.1, 0.15) is 17.3 Å². The fraction of sp³-hybridized carbons (Fsp3) is 0.389. The lowest BCUT2D eigenvalue weighted by atomic mass is 10.1. The highest BCUT2D eigenvalue weighted by atomic mass is 19.1. The highest BCUT2D eigenvalue weighted by Crippen LogP contribution is 2.26. The van der Waals surface area contributed by atoms with Gasteiger partial charge in [0.25, 0.3) is 0 Å². The Labute approximate surface area is 154 Å². The smallest absolute Gasteiger partial charge is 0.341 e. The van der Waals surface area contributed by atoms with Crippen LogP contribution in [0, 0.1) is 5.82 Å². The monoisotopic (exact) mass is 376 g/mol. The molecule has 0 unspecified atom stereocenters. The minimum absolute atomic E-state index is 0.0370. The third kappa shape index (κ3) is 3.37. The van der Waals surface area contributed by atoms with Crippen LogP contribution in [-0.4, -0.2) is 59.2 Å². The number of benzene rings is 1. The standard InChI is InChI=1S/C18H21FN4O4/c1-2-21-10-12(18(26)27)17(25)11-7-13(19)15(8-14(11)21)22-3-5-23(6-4-22)16(24)9-20/h7-8,10H,2-6,9,20H2,1H3,(H,26,27). The molecule has 0 aliphatic carbocycles. The second-order valence-electron chi connectivity index (χ2n) is 6.36. The van der Waals surface area contributed by atoms with Crippen molar-refractivity contribution >= 4 is 28.5 Å². The molecule has 0 radical (unpaired) electrons. The second-order valence-corrected chi connectivity index (χ2v) is 6.36. The van der Waals surface area contributed by atoms with Gasteiger partial charge >= 0.3 is 5.97 Å². The van der Waals surface area contributed by atoms with E-state index in [1.54, 1.807) is 15.5 Å². The van der Waals surface area contributed by atoms with Gasteiger partial charge in [0, 0.05) is 44.3 Å². The zero-order chi connectivity index (χ0) is 19.7. The Hall–Kier alpha value is -2.94. The summed E-state index contributed by atoms with van der Waals surface area (Å²) in [6.45, 7) is 3.95. The molecule has 27 heavy (non-hydrogen) atoms. The molecule has 1 amide bonds. The Morgan fingerprint density at radius 3 is 2.44 bits per heavy atom. The first kappa shape index (κ1) is 18.8. The molecular formula is C18H21FN4O4. The van der Waals surface area contributed by atoms with Gasteiger partial charge in [0.2, 0.25) is 11.3 Å². The van der Waals surface area contributed by atoms with Crippen LogP contribution in [0.2, 0.25) is 0 Å². The van der Waals surface area contributed by atoms with E-state index in [2.05, 4.69) is 0 Å². The van der Waals surface area contributed by atoms with Gasteiger partial charge in [0.15, 0.2) is 0 Å². The summed E-state index contributed by atoms with van der Waals surface area (Å²) in [5, 5.41) is 9.24. The highest BCUT2D eigenvalue weighted by molar-refractivity contribution is 5.93. The predicted octanol–water partition coefficient (Wildman–Crippen LogP) is 0.466. The number of piperazine rings is 1. The molecule has 3 N–H and O–H groups in total. The van der Waals surface area contributed by atoms with Crippen molar-refractivity contribution in [3.05, 3.63) is 39.9 Å². The number of hydrogen-bond acceptors (Lipinski definition) is 5. The van der Waals surface area contributed by atoms with E-state index in [1.165, 1.54) is 6.20 Å². The molecule has 0 spiro atoms. The maximum atomic E-state index is 14.7. The average Bonchev–Trinajstić information content (AvgIpc) is 2.67. The van der Waals surface area contributed by atoms with Gasteiger partial charge < -0.3 is 25.2 Å². The van der Waals surface area contributed by atoms with E-state index in [0.717, 1.165) is 6.07 Å². The molecule has 1 saturated heterocycles. The van der Waals surface area contributed by atoms with E-state index in [9.17, 15) is 23.9 Å². The number of aromatic nitrogens is 1. The molecular weight excluding hydrogens is 355 g/mol. The Kier molecular flexibility index (Phi) is 5.13. The van der Waals surface area contributed by atoms with Crippen LogP contribution < -0.4 is 16.1 Å². The lowest BCUT2D eigenvalue weighted by Gasteiger charge is -2.36. The van der Waals surface area contributed by atoms with Crippen LogP contribution in [-0.2, 0) is 11.3 Å². The predicted molar refractivity (Wildman–Crippen MR) is 98.6 cm³/mol. The zero-order valence-electron chi connectivity index (χ0n) is 14.9. The van der Waals surface area contributed by atoms with Crippen molar-refractivity contribution < 1.29 is 19.1 Å². The van der Waals surface area contributed by atoms with E-state index in [1.807, 2.05) is 11.8 Å². The summed E-state index contributed by atoms with van der Waals surface area (Å²) in [6.07, 6.45) is 1.28. The van der Waals surface area contributed by atoms with Gasteiger partial charge in [-0.1, -0.05) is 0 Å². The van der Waals surface area contributed by atoms with E-state index in [4.69, 9.17) is 5.73 Å². The molecule has 1 fully saturated rings. The largest absolute Gasteiger partial charge is 0.477 e. The third-order valence-corrected chi connectivity index (χ3v) is 4.87. The maximum Gasteiger partial charge on any atom is 0.341 e. The SMILES string of the molecule is CCn1cc(C(=O)O)c(=O)c2cc(F)c(N3CCN(C(=O)CN)CC3)cc21. The second kappa shape index (κ2) is 7.36. The third-order valence-electron chi connectivity index (χ3n) is 4.87. The summed E-state index contributed by atoms with van der Waals surface area (Å²) in [5.74, 6) is -2.08. The number of fused-ring (bicyclic) bond motifs is 1. The number of amides is 1. The summed E-state index contributed by atoms with van der Waals surface area (Å²) < 4.78 is 16.4. The van der Waals surface area contributed by atoms with E-state index in [0.29, 0.717) is 43.9 Å². The van der Waals surface area contributed by atoms with Crippen molar-refractivity contribution in [2.24, 2.45) is 5.73 Å². The molecule has 3 rings (SSSR count). The molecule has 2 aromatic rings. The van der Waals surface area contributed by atoms with Gasteiger partial charge in [0.1, 0.15) is 11.4 Å². The van der Waals surface area contributed by atoms with Gasteiger partial charge in [-0.25, -0.2) is 9.18 Å². The van der Waals surface area contributed by atoms with E-state index >= 15 is 0 Å². The van der Waals surface area contributed by atoms with E-state index < -0.39 is 17.2 Å².